The second-order valence-electron chi connectivity index (χ2n) is 4.97. The maximum atomic E-state index is 9.90. The maximum Gasteiger partial charge on any atom is 0.137 e. The first-order chi connectivity index (χ1) is 10.8. The van der Waals surface area contributed by atoms with Crippen molar-refractivity contribution in [2.24, 2.45) is 0 Å². The minimum Gasteiger partial charge on any atom is -0.491 e. The van der Waals surface area contributed by atoms with Crippen molar-refractivity contribution in [2.75, 3.05) is 6.61 Å². The third-order valence-electron chi connectivity index (χ3n) is 3.27. The monoisotopic (exact) mass is 295 g/mol. The molecular weight excluding hydrogens is 278 g/mol. The van der Waals surface area contributed by atoms with Crippen LogP contribution in [0.1, 0.15) is 0 Å². The van der Waals surface area contributed by atoms with Gasteiger partial charge in [0.15, 0.2) is 0 Å². The fourth-order valence-corrected chi connectivity index (χ4v) is 2.16. The topological polar surface area (TPSA) is 60.2 Å². The lowest BCUT2D eigenvalue weighted by molar-refractivity contribution is 0.0892. The molecule has 22 heavy (non-hydrogen) atoms. The van der Waals surface area contributed by atoms with E-state index in [2.05, 4.69) is 22.2 Å². The number of rotatable bonds is 6. The van der Waals surface area contributed by atoms with Gasteiger partial charge in [-0.1, -0.05) is 42.5 Å². The van der Waals surface area contributed by atoms with Crippen LogP contribution >= 0.6 is 0 Å². The summed E-state index contributed by atoms with van der Waals surface area (Å²) in [5.74, 6) is 0.734. The van der Waals surface area contributed by atoms with Gasteiger partial charge in [0.05, 0.1) is 6.54 Å². The van der Waals surface area contributed by atoms with Gasteiger partial charge in [-0.3, -0.25) is 4.68 Å². The standard InChI is InChI=1S/C17H17N3O2/c21-16(10-20-13-18-12-19-20)11-22-17-8-6-15(7-9-17)14-4-2-1-3-5-14/h1-9,12-13,16,21H,10-11H2/t16-/m0/s1. The molecule has 0 aliphatic heterocycles. The first-order valence-corrected chi connectivity index (χ1v) is 7.10. The van der Waals surface area contributed by atoms with Crippen LogP contribution < -0.4 is 4.74 Å². The van der Waals surface area contributed by atoms with Crippen LogP contribution in [0, 0.1) is 0 Å². The lowest BCUT2D eigenvalue weighted by atomic mass is 10.1. The maximum absolute atomic E-state index is 9.90. The van der Waals surface area contributed by atoms with Crippen molar-refractivity contribution in [3.05, 3.63) is 67.3 Å². The number of nitrogens with zero attached hydrogens (tertiary/aromatic N) is 3. The van der Waals surface area contributed by atoms with Crippen molar-refractivity contribution in [2.45, 2.75) is 12.6 Å². The van der Waals surface area contributed by atoms with E-state index in [9.17, 15) is 5.11 Å². The Morgan fingerprint density at radius 1 is 1.00 bits per heavy atom. The quantitative estimate of drug-likeness (QED) is 0.758. The van der Waals surface area contributed by atoms with Crippen LogP contribution in [-0.4, -0.2) is 32.6 Å². The van der Waals surface area contributed by atoms with Crippen molar-refractivity contribution in [3.63, 3.8) is 0 Å². The van der Waals surface area contributed by atoms with Crippen LogP contribution in [0.15, 0.2) is 67.3 Å². The van der Waals surface area contributed by atoms with Crippen molar-refractivity contribution in [1.82, 2.24) is 14.8 Å². The number of ether oxygens (including phenoxy) is 1. The van der Waals surface area contributed by atoms with Crippen LogP contribution in [0.2, 0.25) is 0 Å². The van der Waals surface area contributed by atoms with Gasteiger partial charge >= 0.3 is 0 Å². The summed E-state index contributed by atoms with van der Waals surface area (Å²) in [6.45, 7) is 0.576. The summed E-state index contributed by atoms with van der Waals surface area (Å²) >= 11 is 0. The molecule has 1 atom stereocenters. The highest BCUT2D eigenvalue weighted by molar-refractivity contribution is 5.63. The Hall–Kier alpha value is -2.66. The van der Waals surface area contributed by atoms with Gasteiger partial charge in [0.2, 0.25) is 0 Å². The van der Waals surface area contributed by atoms with Gasteiger partial charge in [0.1, 0.15) is 31.1 Å². The molecule has 5 nitrogen and oxygen atoms in total. The summed E-state index contributed by atoms with van der Waals surface area (Å²) in [6.07, 6.45) is 2.38. The lowest BCUT2D eigenvalue weighted by Crippen LogP contribution is -2.23. The highest BCUT2D eigenvalue weighted by Crippen LogP contribution is 2.22. The molecule has 1 heterocycles. The number of benzene rings is 2. The summed E-state index contributed by atoms with van der Waals surface area (Å²) in [7, 11) is 0. The van der Waals surface area contributed by atoms with Crippen molar-refractivity contribution >= 4 is 0 Å². The highest BCUT2D eigenvalue weighted by atomic mass is 16.5. The molecule has 0 unspecified atom stereocenters. The molecule has 1 N–H and O–H groups in total. The van der Waals surface area contributed by atoms with Gasteiger partial charge < -0.3 is 9.84 Å². The van der Waals surface area contributed by atoms with Gasteiger partial charge in [0, 0.05) is 0 Å². The Balaban J connectivity index is 1.55. The van der Waals surface area contributed by atoms with E-state index in [0.717, 1.165) is 11.3 Å². The van der Waals surface area contributed by atoms with E-state index >= 15 is 0 Å². The van der Waals surface area contributed by atoms with Gasteiger partial charge in [-0.05, 0) is 23.3 Å². The smallest absolute Gasteiger partial charge is 0.137 e. The number of hydrogen-bond donors (Lipinski definition) is 1. The number of aliphatic hydroxyl groups is 1. The molecule has 1 aromatic heterocycles. The van der Waals surface area contributed by atoms with Gasteiger partial charge in [-0.15, -0.1) is 0 Å². The minimum absolute atomic E-state index is 0.213. The van der Waals surface area contributed by atoms with E-state index in [1.165, 1.54) is 11.9 Å². The van der Waals surface area contributed by atoms with Gasteiger partial charge in [-0.25, -0.2) is 4.98 Å². The molecular formula is C17H17N3O2. The summed E-state index contributed by atoms with van der Waals surface area (Å²) in [5.41, 5.74) is 2.30. The minimum atomic E-state index is -0.629. The summed E-state index contributed by atoms with van der Waals surface area (Å²) in [4.78, 5) is 3.83. The van der Waals surface area contributed by atoms with E-state index in [-0.39, 0.29) is 6.61 Å². The largest absolute Gasteiger partial charge is 0.491 e. The van der Waals surface area contributed by atoms with E-state index in [1.807, 2.05) is 42.5 Å². The summed E-state index contributed by atoms with van der Waals surface area (Å²) < 4.78 is 7.17. The first kappa shape index (κ1) is 14.3. The Morgan fingerprint density at radius 3 is 2.41 bits per heavy atom. The first-order valence-electron chi connectivity index (χ1n) is 7.10. The summed E-state index contributed by atoms with van der Waals surface area (Å²) in [6, 6.07) is 18.0. The van der Waals surface area contributed by atoms with Crippen LogP contribution in [0.25, 0.3) is 11.1 Å². The Bertz CT molecular complexity index is 682. The van der Waals surface area contributed by atoms with Crippen molar-refractivity contribution in [3.8, 4) is 16.9 Å². The fourth-order valence-electron chi connectivity index (χ4n) is 2.16. The summed E-state index contributed by atoms with van der Waals surface area (Å²) in [5, 5.41) is 13.8. The Labute approximate surface area is 128 Å². The van der Waals surface area contributed by atoms with Crippen LogP contribution in [0.3, 0.4) is 0 Å². The van der Waals surface area contributed by atoms with E-state index in [0.29, 0.717) is 6.54 Å². The normalized spacial score (nSPS) is 12.0. The highest BCUT2D eigenvalue weighted by Gasteiger charge is 2.07. The van der Waals surface area contributed by atoms with Crippen LogP contribution in [0.4, 0.5) is 0 Å². The molecule has 0 radical (unpaired) electrons. The van der Waals surface area contributed by atoms with Crippen molar-refractivity contribution in [1.29, 1.82) is 0 Å². The molecule has 3 rings (SSSR count). The average molecular weight is 295 g/mol. The zero-order valence-corrected chi connectivity index (χ0v) is 12.0. The molecule has 0 spiro atoms. The lowest BCUT2D eigenvalue weighted by Gasteiger charge is -2.12. The predicted octanol–water partition coefficient (Wildman–Crippen LogP) is 2.38. The van der Waals surface area contributed by atoms with Crippen LogP contribution in [-0.2, 0) is 6.54 Å². The second kappa shape index (κ2) is 6.87. The molecule has 3 aromatic rings. The number of aliphatic hydroxyl groups excluding tert-OH is 1. The second-order valence-corrected chi connectivity index (χ2v) is 4.97. The molecule has 0 saturated heterocycles. The fraction of sp³-hybridized carbons (Fsp3) is 0.176. The third kappa shape index (κ3) is 3.71. The molecule has 5 heteroatoms. The zero-order valence-electron chi connectivity index (χ0n) is 12.0. The molecule has 2 aromatic carbocycles. The van der Waals surface area contributed by atoms with Gasteiger partial charge in [0.25, 0.3) is 0 Å². The molecule has 0 bridgehead atoms. The van der Waals surface area contributed by atoms with Crippen molar-refractivity contribution < 1.29 is 9.84 Å². The molecule has 112 valence electrons. The van der Waals surface area contributed by atoms with E-state index in [1.54, 1.807) is 11.0 Å². The van der Waals surface area contributed by atoms with E-state index in [4.69, 9.17) is 4.74 Å². The Morgan fingerprint density at radius 2 is 1.73 bits per heavy atom. The SMILES string of the molecule is O[C@H](COc1ccc(-c2ccccc2)cc1)Cn1cncn1. The molecule has 0 amide bonds. The van der Waals surface area contributed by atoms with E-state index < -0.39 is 6.10 Å². The zero-order chi connectivity index (χ0) is 15.2. The predicted molar refractivity (Wildman–Crippen MR) is 83.4 cm³/mol. The number of aromatic nitrogens is 3. The molecule has 0 aliphatic rings. The Kier molecular flexibility index (Phi) is 4.46. The molecule has 0 aliphatic carbocycles. The van der Waals surface area contributed by atoms with Gasteiger partial charge in [-0.2, -0.15) is 5.10 Å². The van der Waals surface area contributed by atoms with Crippen LogP contribution in [0.5, 0.6) is 5.75 Å². The molecule has 0 saturated carbocycles. The third-order valence-corrected chi connectivity index (χ3v) is 3.27. The molecule has 0 fully saturated rings. The number of hydrogen-bond acceptors (Lipinski definition) is 4. The average Bonchev–Trinajstić information content (AvgIpc) is 3.07.